The fraction of sp³-hybridized carbons (Fsp3) is 0.333. The number of carbonyl (C=O) groups is 1. The summed E-state index contributed by atoms with van der Waals surface area (Å²) in [5, 5.41) is 28.1. The molecule has 0 saturated heterocycles. The molecule has 122 valence electrons. The van der Waals surface area contributed by atoms with Crippen molar-refractivity contribution in [3.8, 4) is 0 Å². The fourth-order valence-electron chi connectivity index (χ4n) is 2.23. The van der Waals surface area contributed by atoms with Crippen LogP contribution in [-0.2, 0) is 12.6 Å². The Bertz CT molecular complexity index is 752. The van der Waals surface area contributed by atoms with E-state index in [2.05, 4.69) is 10.4 Å². The molecule has 0 aliphatic carbocycles. The minimum atomic E-state index is -1.33. The molecule has 0 aliphatic rings. The third-order valence-corrected chi connectivity index (χ3v) is 3.58. The van der Waals surface area contributed by atoms with E-state index in [1.807, 2.05) is 0 Å². The molecule has 8 heteroatoms. The molecule has 23 heavy (non-hydrogen) atoms. The van der Waals surface area contributed by atoms with E-state index in [1.54, 1.807) is 32.3 Å². The summed E-state index contributed by atoms with van der Waals surface area (Å²) in [6.07, 6.45) is 3.14. The average Bonchev–Trinajstić information content (AvgIpc) is 2.91. The maximum atomic E-state index is 12.3. The van der Waals surface area contributed by atoms with Crippen LogP contribution >= 0.6 is 0 Å². The highest BCUT2D eigenvalue weighted by atomic mass is 16.6. The molecule has 1 heterocycles. The number of amides is 1. The van der Waals surface area contributed by atoms with Crippen LogP contribution in [0.3, 0.4) is 0 Å². The SMILES string of the molecule is Cc1cccc(C(=O)NCC(C)(O)c2cnn(C)c2)c1[N+](=O)[O-]. The average molecular weight is 318 g/mol. The van der Waals surface area contributed by atoms with Crippen LogP contribution in [0, 0.1) is 17.0 Å². The van der Waals surface area contributed by atoms with Crippen molar-refractivity contribution in [1.29, 1.82) is 0 Å². The van der Waals surface area contributed by atoms with Gasteiger partial charge in [0.15, 0.2) is 0 Å². The number of nitrogens with one attached hydrogen (secondary N) is 1. The minimum absolute atomic E-state index is 0.0306. The second-order valence-electron chi connectivity index (χ2n) is 5.59. The van der Waals surface area contributed by atoms with Gasteiger partial charge in [-0.15, -0.1) is 0 Å². The van der Waals surface area contributed by atoms with Crippen LogP contribution in [0.25, 0.3) is 0 Å². The molecule has 0 spiro atoms. The molecule has 1 unspecified atom stereocenters. The smallest absolute Gasteiger partial charge is 0.285 e. The van der Waals surface area contributed by atoms with Crippen molar-refractivity contribution in [2.45, 2.75) is 19.4 Å². The van der Waals surface area contributed by atoms with Crippen LogP contribution in [0.1, 0.15) is 28.4 Å². The summed E-state index contributed by atoms with van der Waals surface area (Å²) < 4.78 is 1.54. The Balaban J connectivity index is 2.17. The Labute approximate surface area is 132 Å². The lowest BCUT2D eigenvalue weighted by Crippen LogP contribution is -2.38. The fourth-order valence-corrected chi connectivity index (χ4v) is 2.23. The molecule has 2 N–H and O–H groups in total. The Kier molecular flexibility index (Phi) is 4.46. The Morgan fingerprint density at radius 2 is 2.22 bits per heavy atom. The van der Waals surface area contributed by atoms with Gasteiger partial charge in [-0.1, -0.05) is 12.1 Å². The first kappa shape index (κ1) is 16.6. The summed E-state index contributed by atoms with van der Waals surface area (Å²) in [7, 11) is 1.72. The first-order valence-electron chi connectivity index (χ1n) is 6.96. The number of aryl methyl sites for hydroxylation is 2. The van der Waals surface area contributed by atoms with Crippen molar-refractivity contribution in [3.63, 3.8) is 0 Å². The van der Waals surface area contributed by atoms with Gasteiger partial charge in [0.2, 0.25) is 0 Å². The number of nitro groups is 1. The van der Waals surface area contributed by atoms with Gasteiger partial charge in [-0.2, -0.15) is 5.10 Å². The van der Waals surface area contributed by atoms with Crippen LogP contribution in [0.5, 0.6) is 0 Å². The van der Waals surface area contributed by atoms with Crippen LogP contribution in [0.4, 0.5) is 5.69 Å². The molecule has 2 aromatic rings. The zero-order valence-corrected chi connectivity index (χ0v) is 13.1. The topological polar surface area (TPSA) is 110 Å². The summed E-state index contributed by atoms with van der Waals surface area (Å²) in [6, 6.07) is 4.54. The standard InChI is InChI=1S/C15H18N4O4/c1-10-5-4-6-12(13(10)19(22)23)14(20)16-9-15(2,21)11-7-17-18(3)8-11/h4-8,21H,9H2,1-3H3,(H,16,20). The molecule has 0 aliphatic heterocycles. The third kappa shape index (κ3) is 3.54. The lowest BCUT2D eigenvalue weighted by molar-refractivity contribution is -0.385. The van der Waals surface area contributed by atoms with E-state index < -0.39 is 16.4 Å². The van der Waals surface area contributed by atoms with Crippen LogP contribution < -0.4 is 5.32 Å². The van der Waals surface area contributed by atoms with Gasteiger partial charge in [-0.3, -0.25) is 19.6 Å². The molecular formula is C15H18N4O4. The molecule has 1 amide bonds. The number of aromatic nitrogens is 2. The summed E-state index contributed by atoms with van der Waals surface area (Å²) in [5.41, 5.74) is -0.647. The first-order chi connectivity index (χ1) is 10.7. The number of benzene rings is 1. The normalized spacial score (nSPS) is 13.4. The van der Waals surface area contributed by atoms with Crippen molar-refractivity contribution in [2.24, 2.45) is 7.05 Å². The molecule has 2 rings (SSSR count). The lowest BCUT2D eigenvalue weighted by atomic mass is 9.99. The highest BCUT2D eigenvalue weighted by Crippen LogP contribution is 2.24. The second-order valence-corrected chi connectivity index (χ2v) is 5.59. The van der Waals surface area contributed by atoms with Gasteiger partial charge in [-0.05, 0) is 19.9 Å². The predicted molar refractivity (Wildman–Crippen MR) is 82.9 cm³/mol. The molecule has 0 fully saturated rings. The first-order valence-corrected chi connectivity index (χ1v) is 6.96. The Morgan fingerprint density at radius 3 is 2.78 bits per heavy atom. The Morgan fingerprint density at radius 1 is 1.52 bits per heavy atom. The van der Waals surface area contributed by atoms with Crippen molar-refractivity contribution >= 4 is 11.6 Å². The summed E-state index contributed by atoms with van der Waals surface area (Å²) in [6.45, 7) is 3.01. The van der Waals surface area contributed by atoms with Gasteiger partial charge in [-0.25, -0.2) is 0 Å². The quantitative estimate of drug-likeness (QED) is 0.637. The van der Waals surface area contributed by atoms with Gasteiger partial charge < -0.3 is 10.4 Å². The van der Waals surface area contributed by atoms with Gasteiger partial charge in [0.25, 0.3) is 11.6 Å². The number of para-hydroxylation sites is 1. The lowest BCUT2D eigenvalue weighted by Gasteiger charge is -2.22. The van der Waals surface area contributed by atoms with Crippen molar-refractivity contribution in [3.05, 3.63) is 57.4 Å². The van der Waals surface area contributed by atoms with Crippen LogP contribution in [0.2, 0.25) is 0 Å². The monoisotopic (exact) mass is 318 g/mol. The number of hydrogen-bond acceptors (Lipinski definition) is 5. The molecule has 1 aromatic carbocycles. The maximum absolute atomic E-state index is 12.3. The molecule has 1 aromatic heterocycles. The predicted octanol–water partition coefficient (Wildman–Crippen LogP) is 1.27. The van der Waals surface area contributed by atoms with Gasteiger partial charge in [0.1, 0.15) is 11.2 Å². The molecular weight excluding hydrogens is 300 g/mol. The van der Waals surface area contributed by atoms with Crippen LogP contribution in [-0.4, -0.2) is 32.3 Å². The molecule has 0 saturated carbocycles. The zero-order valence-electron chi connectivity index (χ0n) is 13.1. The van der Waals surface area contributed by atoms with Crippen molar-refractivity contribution in [2.75, 3.05) is 6.54 Å². The van der Waals surface area contributed by atoms with E-state index >= 15 is 0 Å². The maximum Gasteiger partial charge on any atom is 0.285 e. The van der Waals surface area contributed by atoms with E-state index in [9.17, 15) is 20.0 Å². The summed E-state index contributed by atoms with van der Waals surface area (Å²) >= 11 is 0. The van der Waals surface area contributed by atoms with E-state index in [0.717, 1.165) is 0 Å². The van der Waals surface area contributed by atoms with Crippen LogP contribution in [0.15, 0.2) is 30.6 Å². The number of aliphatic hydroxyl groups is 1. The van der Waals surface area contributed by atoms with E-state index in [4.69, 9.17) is 0 Å². The number of hydrogen-bond donors (Lipinski definition) is 2. The van der Waals surface area contributed by atoms with E-state index in [1.165, 1.54) is 23.9 Å². The second kappa shape index (κ2) is 6.17. The molecule has 0 radical (unpaired) electrons. The number of rotatable bonds is 5. The largest absolute Gasteiger partial charge is 0.383 e. The van der Waals surface area contributed by atoms with Gasteiger partial charge >= 0.3 is 0 Å². The third-order valence-electron chi connectivity index (χ3n) is 3.58. The van der Waals surface area contributed by atoms with Gasteiger partial charge in [0.05, 0.1) is 17.7 Å². The molecule has 1 atom stereocenters. The number of carbonyl (C=O) groups excluding carboxylic acids is 1. The van der Waals surface area contributed by atoms with Crippen molar-refractivity contribution < 1.29 is 14.8 Å². The van der Waals surface area contributed by atoms with Gasteiger partial charge in [0, 0.05) is 24.4 Å². The summed E-state index contributed by atoms with van der Waals surface area (Å²) in [4.78, 5) is 22.8. The zero-order chi connectivity index (χ0) is 17.2. The molecule has 8 nitrogen and oxygen atoms in total. The number of nitrogens with zero attached hydrogens (tertiary/aromatic N) is 3. The Hall–Kier alpha value is -2.74. The van der Waals surface area contributed by atoms with E-state index in [-0.39, 0.29) is 17.8 Å². The highest BCUT2D eigenvalue weighted by molar-refractivity contribution is 5.98. The summed E-state index contributed by atoms with van der Waals surface area (Å²) in [5.74, 6) is -0.607. The highest BCUT2D eigenvalue weighted by Gasteiger charge is 2.28. The minimum Gasteiger partial charge on any atom is -0.383 e. The molecule has 0 bridgehead atoms. The number of nitro benzene ring substituents is 1. The van der Waals surface area contributed by atoms with E-state index in [0.29, 0.717) is 11.1 Å². The van der Waals surface area contributed by atoms with Crippen molar-refractivity contribution in [1.82, 2.24) is 15.1 Å².